The molecule has 4 aliphatic heterocycles. The molecule has 5 aliphatic rings. The lowest BCUT2D eigenvalue weighted by atomic mass is 9.60. The fraction of sp³-hybridized carbons (Fsp3) is 0.565. The average molecular weight is 348 g/mol. The maximum atomic E-state index is 4.04. The molecule has 136 valence electrons. The average Bonchev–Trinajstić information content (AvgIpc) is 3.08. The highest BCUT2D eigenvalue weighted by Gasteiger charge is 2.56. The summed E-state index contributed by atoms with van der Waals surface area (Å²) in [6, 6.07) is 11.1. The zero-order valence-electron chi connectivity index (χ0n) is 15.5. The van der Waals surface area contributed by atoms with Crippen molar-refractivity contribution in [2.45, 2.75) is 50.2 Å². The number of aromatic amines is 1. The van der Waals surface area contributed by atoms with Crippen molar-refractivity contribution in [2.24, 2.45) is 11.8 Å². The van der Waals surface area contributed by atoms with Gasteiger partial charge < -0.3 is 4.98 Å². The van der Waals surface area contributed by atoms with Crippen LogP contribution in [0.2, 0.25) is 0 Å². The second kappa shape index (κ2) is 5.71. The van der Waals surface area contributed by atoms with Crippen LogP contribution in [0.25, 0.3) is 10.9 Å². The van der Waals surface area contributed by atoms with Gasteiger partial charge in [0.15, 0.2) is 0 Å². The summed E-state index contributed by atoms with van der Waals surface area (Å²) in [5.41, 5.74) is 4.50. The number of hydrogen-bond donors (Lipinski definition) is 1. The first-order valence-electron chi connectivity index (χ1n) is 10.6. The molecule has 3 saturated heterocycles. The van der Waals surface area contributed by atoms with Crippen molar-refractivity contribution in [3.05, 3.63) is 48.2 Å². The molecule has 1 aromatic carbocycles. The molecule has 0 amide bonds. The van der Waals surface area contributed by atoms with E-state index >= 15 is 0 Å². The predicted molar refractivity (Wildman–Crippen MR) is 106 cm³/mol. The van der Waals surface area contributed by atoms with Gasteiger partial charge in [0, 0.05) is 41.8 Å². The molecule has 7 rings (SSSR count). The number of rotatable bonds is 2. The smallest absolute Gasteiger partial charge is 0.0547 e. The summed E-state index contributed by atoms with van der Waals surface area (Å²) >= 11 is 0. The molecule has 5 atom stereocenters. The minimum Gasteiger partial charge on any atom is -0.357 e. The van der Waals surface area contributed by atoms with Gasteiger partial charge in [-0.1, -0.05) is 24.3 Å². The van der Waals surface area contributed by atoms with Crippen molar-refractivity contribution in [3.63, 3.8) is 0 Å². The Hall–Kier alpha value is -1.58. The first-order chi connectivity index (χ1) is 12.9. The molecule has 3 heteroatoms. The van der Waals surface area contributed by atoms with E-state index < -0.39 is 0 Å². The number of fused-ring (bicyclic) bond motifs is 4. The van der Waals surface area contributed by atoms with Gasteiger partial charge >= 0.3 is 0 Å². The molecule has 0 unspecified atom stereocenters. The van der Waals surface area contributed by atoms with E-state index in [1.807, 2.05) is 0 Å². The van der Waals surface area contributed by atoms with E-state index in [0.29, 0.717) is 6.04 Å². The predicted octanol–water partition coefficient (Wildman–Crippen LogP) is 4.13. The molecule has 4 fully saturated rings. The Bertz CT molecular complexity index is 852. The van der Waals surface area contributed by atoms with Crippen molar-refractivity contribution >= 4 is 10.9 Å². The number of nitrogens with one attached hydrogen (secondary N) is 1. The Morgan fingerprint density at radius 3 is 2.96 bits per heavy atom. The van der Waals surface area contributed by atoms with Gasteiger partial charge in [-0.15, -0.1) is 6.58 Å². The molecular formula is C23H29N3. The molecule has 0 radical (unpaired) electrons. The van der Waals surface area contributed by atoms with Crippen LogP contribution in [0, 0.1) is 11.8 Å². The Kier molecular flexibility index (Phi) is 3.40. The van der Waals surface area contributed by atoms with Gasteiger partial charge in [0.1, 0.15) is 0 Å². The van der Waals surface area contributed by atoms with Crippen molar-refractivity contribution in [1.29, 1.82) is 0 Å². The lowest BCUT2D eigenvalue weighted by Crippen LogP contribution is -2.67. The van der Waals surface area contributed by atoms with Gasteiger partial charge in [0.05, 0.1) is 6.04 Å². The molecule has 1 aromatic heterocycles. The largest absolute Gasteiger partial charge is 0.357 e. The summed E-state index contributed by atoms with van der Waals surface area (Å²) in [7, 11) is 0. The summed E-state index contributed by atoms with van der Waals surface area (Å²) in [5.74, 6) is 1.65. The zero-order valence-corrected chi connectivity index (χ0v) is 15.5. The SMILES string of the molecule is C=CCN1CCC[C@H]2[C@H]1[C@@H]1CC[C@H]2N2CCc3c([nH]c4ccccc34)[C@@H]12. The first kappa shape index (κ1) is 15.5. The van der Waals surface area contributed by atoms with E-state index in [0.717, 1.165) is 30.5 Å². The standard InChI is InChI=1S/C23H29N3/c1-2-12-25-13-5-7-17-20-10-9-18(22(17)25)23-21-16(11-14-26(20)23)15-6-3-4-8-19(15)24-21/h2-4,6,8,17-18,20,22-24H,1,5,7,9-14H2/t17-,18+,20-,22+,23-/m1/s1. The summed E-state index contributed by atoms with van der Waals surface area (Å²) in [5, 5.41) is 1.46. The van der Waals surface area contributed by atoms with Crippen LogP contribution in [-0.4, -0.2) is 46.5 Å². The van der Waals surface area contributed by atoms with Crippen LogP contribution < -0.4 is 0 Å². The van der Waals surface area contributed by atoms with Gasteiger partial charge in [-0.05, 0) is 62.1 Å². The van der Waals surface area contributed by atoms with Crippen LogP contribution in [0.1, 0.15) is 43.0 Å². The first-order valence-corrected chi connectivity index (χ1v) is 10.6. The van der Waals surface area contributed by atoms with Crippen LogP contribution in [0.3, 0.4) is 0 Å². The number of likely N-dealkylation sites (tertiary alicyclic amines) is 1. The molecule has 1 N–H and O–H groups in total. The highest BCUT2D eigenvalue weighted by Crippen LogP contribution is 2.56. The number of hydrogen-bond acceptors (Lipinski definition) is 2. The summed E-state index contributed by atoms with van der Waals surface area (Å²) < 4.78 is 0. The topological polar surface area (TPSA) is 22.3 Å². The van der Waals surface area contributed by atoms with Crippen LogP contribution in [0.4, 0.5) is 0 Å². The molecule has 1 aliphatic carbocycles. The Morgan fingerprint density at radius 1 is 1.12 bits per heavy atom. The minimum absolute atomic E-state index is 0.608. The quantitative estimate of drug-likeness (QED) is 0.826. The fourth-order valence-electron chi connectivity index (χ4n) is 7.13. The zero-order chi connectivity index (χ0) is 17.3. The Morgan fingerprint density at radius 2 is 2.04 bits per heavy atom. The fourth-order valence-corrected chi connectivity index (χ4v) is 7.13. The lowest BCUT2D eigenvalue weighted by molar-refractivity contribution is -0.130. The van der Waals surface area contributed by atoms with Gasteiger partial charge in [-0.2, -0.15) is 0 Å². The molecule has 5 heterocycles. The number of para-hydroxylation sites is 1. The number of benzene rings is 1. The molecule has 2 aromatic rings. The number of nitrogens with zero attached hydrogens (tertiary/aromatic N) is 2. The minimum atomic E-state index is 0.608. The Labute approximate surface area is 156 Å². The van der Waals surface area contributed by atoms with E-state index in [2.05, 4.69) is 51.7 Å². The maximum Gasteiger partial charge on any atom is 0.0547 e. The summed E-state index contributed by atoms with van der Waals surface area (Å²) in [6.07, 6.45) is 8.95. The van der Waals surface area contributed by atoms with Gasteiger partial charge in [-0.3, -0.25) is 9.80 Å². The van der Waals surface area contributed by atoms with E-state index in [9.17, 15) is 0 Å². The van der Waals surface area contributed by atoms with Crippen LogP contribution in [0.15, 0.2) is 36.9 Å². The van der Waals surface area contributed by atoms with E-state index in [1.54, 1.807) is 11.3 Å². The van der Waals surface area contributed by atoms with E-state index in [-0.39, 0.29) is 0 Å². The van der Waals surface area contributed by atoms with Crippen molar-refractivity contribution in [2.75, 3.05) is 19.6 Å². The van der Waals surface area contributed by atoms with Crippen LogP contribution in [0.5, 0.6) is 0 Å². The number of H-pyrrole nitrogens is 1. The number of aromatic nitrogens is 1. The molecular weight excluding hydrogens is 318 g/mol. The second-order valence-electron chi connectivity index (χ2n) is 8.88. The van der Waals surface area contributed by atoms with Crippen molar-refractivity contribution in [3.8, 4) is 0 Å². The molecule has 3 nitrogen and oxygen atoms in total. The van der Waals surface area contributed by atoms with Gasteiger partial charge in [-0.25, -0.2) is 0 Å². The highest BCUT2D eigenvalue weighted by molar-refractivity contribution is 5.85. The van der Waals surface area contributed by atoms with E-state index in [1.165, 1.54) is 56.1 Å². The van der Waals surface area contributed by atoms with Crippen molar-refractivity contribution in [1.82, 2.24) is 14.8 Å². The molecule has 1 saturated carbocycles. The Balaban J connectivity index is 1.47. The summed E-state index contributed by atoms with van der Waals surface area (Å²) in [4.78, 5) is 9.54. The third kappa shape index (κ3) is 1.96. The second-order valence-corrected chi connectivity index (χ2v) is 8.88. The lowest BCUT2D eigenvalue weighted by Gasteiger charge is -2.63. The third-order valence-corrected chi connectivity index (χ3v) is 7.89. The van der Waals surface area contributed by atoms with Crippen molar-refractivity contribution < 1.29 is 0 Å². The highest BCUT2D eigenvalue weighted by atomic mass is 15.3. The molecule has 26 heavy (non-hydrogen) atoms. The summed E-state index contributed by atoms with van der Waals surface area (Å²) in [6.45, 7) is 7.63. The molecule has 2 bridgehead atoms. The number of piperidine rings is 3. The van der Waals surface area contributed by atoms with Crippen LogP contribution >= 0.6 is 0 Å². The van der Waals surface area contributed by atoms with Gasteiger partial charge in [0.25, 0.3) is 0 Å². The van der Waals surface area contributed by atoms with Gasteiger partial charge in [0.2, 0.25) is 0 Å². The van der Waals surface area contributed by atoms with Crippen LogP contribution in [-0.2, 0) is 6.42 Å². The monoisotopic (exact) mass is 347 g/mol. The third-order valence-electron chi connectivity index (χ3n) is 7.89. The maximum absolute atomic E-state index is 4.04. The molecule has 0 spiro atoms. The van der Waals surface area contributed by atoms with E-state index in [4.69, 9.17) is 0 Å². The normalized spacial score (nSPS) is 36.5.